The molecule has 0 saturated carbocycles. The van der Waals surface area contributed by atoms with Crippen LogP contribution in [-0.2, 0) is 12.6 Å². The zero-order chi connectivity index (χ0) is 21.3. The number of phenolic OH excluding ortho intramolecular Hbond substituents is 1. The number of aromatic nitrogens is 2. The zero-order valence-corrected chi connectivity index (χ0v) is 16.3. The average molecular weight is 429 g/mol. The van der Waals surface area contributed by atoms with Gasteiger partial charge in [0.2, 0.25) is 0 Å². The number of benzene rings is 2. The van der Waals surface area contributed by atoms with Gasteiger partial charge in [0, 0.05) is 41.4 Å². The summed E-state index contributed by atoms with van der Waals surface area (Å²) in [6.07, 6.45) is -1.11. The van der Waals surface area contributed by atoms with Crippen molar-refractivity contribution in [3.05, 3.63) is 100 Å². The Morgan fingerprint density at radius 1 is 0.933 bits per heavy atom. The van der Waals surface area contributed by atoms with E-state index in [0.29, 0.717) is 28.8 Å². The SMILES string of the molecule is Oc1c(C(Cc2ccccn2)c2ccc(Cl)c(C(F)(F)F)c2)ccc2cccnc12. The molecule has 2 aromatic carbocycles. The molecule has 0 fully saturated rings. The van der Waals surface area contributed by atoms with Crippen LogP contribution in [0.2, 0.25) is 5.02 Å². The van der Waals surface area contributed by atoms with Gasteiger partial charge in [-0.25, -0.2) is 0 Å². The molecular formula is C23H16ClF3N2O. The predicted octanol–water partition coefficient (Wildman–Crippen LogP) is 6.38. The molecule has 30 heavy (non-hydrogen) atoms. The molecule has 2 aromatic heterocycles. The molecule has 0 aliphatic carbocycles. The molecular weight excluding hydrogens is 413 g/mol. The largest absolute Gasteiger partial charge is 0.505 e. The monoisotopic (exact) mass is 428 g/mol. The van der Waals surface area contributed by atoms with Crippen LogP contribution in [0.25, 0.3) is 10.9 Å². The van der Waals surface area contributed by atoms with Gasteiger partial charge in [0.05, 0.1) is 10.6 Å². The summed E-state index contributed by atoms with van der Waals surface area (Å²) in [7, 11) is 0. The van der Waals surface area contributed by atoms with Crippen LogP contribution in [0.1, 0.15) is 28.3 Å². The molecule has 0 spiro atoms. The standard InChI is InChI=1S/C23H16ClF3N2O/c24-20-9-7-15(12-19(20)23(25,26)27)18(13-16-5-1-2-10-28-16)17-8-6-14-4-3-11-29-21(14)22(17)30/h1-12,18,30H,13H2. The minimum absolute atomic E-state index is 0.0578. The van der Waals surface area contributed by atoms with Crippen molar-refractivity contribution in [1.29, 1.82) is 0 Å². The highest BCUT2D eigenvalue weighted by atomic mass is 35.5. The molecule has 0 aliphatic rings. The summed E-state index contributed by atoms with van der Waals surface area (Å²) in [5.41, 5.74) is 1.02. The first-order valence-electron chi connectivity index (χ1n) is 9.18. The normalized spacial score (nSPS) is 12.8. The second-order valence-electron chi connectivity index (χ2n) is 6.89. The van der Waals surface area contributed by atoms with Gasteiger partial charge in [0.25, 0.3) is 0 Å². The second-order valence-corrected chi connectivity index (χ2v) is 7.30. The number of nitrogens with zero attached hydrogens (tertiary/aromatic N) is 2. The summed E-state index contributed by atoms with van der Waals surface area (Å²) >= 11 is 5.81. The Kier molecular flexibility index (Phi) is 5.35. The molecule has 4 rings (SSSR count). The number of rotatable bonds is 4. The molecule has 0 radical (unpaired) electrons. The quantitative estimate of drug-likeness (QED) is 0.410. The third kappa shape index (κ3) is 3.96. The minimum atomic E-state index is -4.59. The maximum Gasteiger partial charge on any atom is 0.417 e. The van der Waals surface area contributed by atoms with Crippen LogP contribution in [0.5, 0.6) is 5.75 Å². The smallest absolute Gasteiger partial charge is 0.417 e. The van der Waals surface area contributed by atoms with E-state index in [1.54, 1.807) is 48.8 Å². The van der Waals surface area contributed by atoms with Crippen LogP contribution < -0.4 is 0 Å². The third-order valence-electron chi connectivity index (χ3n) is 4.99. The molecule has 0 amide bonds. The first kappa shape index (κ1) is 20.2. The second kappa shape index (κ2) is 7.95. The maximum atomic E-state index is 13.5. The maximum absolute atomic E-state index is 13.5. The van der Waals surface area contributed by atoms with Gasteiger partial charge >= 0.3 is 6.18 Å². The van der Waals surface area contributed by atoms with Crippen molar-refractivity contribution in [3.63, 3.8) is 0 Å². The average Bonchev–Trinajstić information content (AvgIpc) is 2.73. The van der Waals surface area contributed by atoms with Gasteiger partial charge in [-0.1, -0.05) is 41.9 Å². The summed E-state index contributed by atoms with van der Waals surface area (Å²) in [5, 5.41) is 11.3. The molecule has 4 aromatic rings. The van der Waals surface area contributed by atoms with Gasteiger partial charge in [-0.05, 0) is 35.9 Å². The van der Waals surface area contributed by atoms with Crippen molar-refractivity contribution in [2.75, 3.05) is 0 Å². The van der Waals surface area contributed by atoms with Gasteiger partial charge in [0.1, 0.15) is 11.3 Å². The Balaban J connectivity index is 1.89. The molecule has 3 nitrogen and oxygen atoms in total. The van der Waals surface area contributed by atoms with Crippen molar-refractivity contribution in [3.8, 4) is 5.75 Å². The molecule has 2 heterocycles. The van der Waals surface area contributed by atoms with Crippen LogP contribution in [0.4, 0.5) is 13.2 Å². The van der Waals surface area contributed by atoms with Crippen molar-refractivity contribution in [2.24, 2.45) is 0 Å². The lowest BCUT2D eigenvalue weighted by atomic mass is 9.85. The van der Waals surface area contributed by atoms with E-state index < -0.39 is 17.7 Å². The number of pyridine rings is 2. The summed E-state index contributed by atoms with van der Waals surface area (Å²) in [6, 6.07) is 16.3. The lowest BCUT2D eigenvalue weighted by molar-refractivity contribution is -0.137. The summed E-state index contributed by atoms with van der Waals surface area (Å²) in [5.74, 6) is -0.637. The van der Waals surface area contributed by atoms with Gasteiger partial charge < -0.3 is 5.11 Å². The van der Waals surface area contributed by atoms with E-state index in [4.69, 9.17) is 11.6 Å². The number of phenols is 1. The van der Waals surface area contributed by atoms with Crippen LogP contribution in [0.15, 0.2) is 73.1 Å². The summed E-state index contributed by atoms with van der Waals surface area (Å²) < 4.78 is 40.4. The van der Waals surface area contributed by atoms with Crippen LogP contribution >= 0.6 is 11.6 Å². The Bertz CT molecular complexity index is 1200. The van der Waals surface area contributed by atoms with Crippen molar-refractivity contribution >= 4 is 22.5 Å². The Labute approximate surface area is 175 Å². The van der Waals surface area contributed by atoms with Crippen LogP contribution in [-0.4, -0.2) is 15.1 Å². The molecule has 1 N–H and O–H groups in total. The Hall–Kier alpha value is -3.12. The molecule has 1 unspecified atom stereocenters. The number of aromatic hydroxyl groups is 1. The Morgan fingerprint density at radius 2 is 1.73 bits per heavy atom. The van der Waals surface area contributed by atoms with E-state index in [-0.39, 0.29) is 10.8 Å². The van der Waals surface area contributed by atoms with E-state index in [2.05, 4.69) is 9.97 Å². The fourth-order valence-corrected chi connectivity index (χ4v) is 3.76. The molecule has 0 aliphatic heterocycles. The van der Waals surface area contributed by atoms with Crippen LogP contribution in [0, 0.1) is 0 Å². The molecule has 0 saturated heterocycles. The highest BCUT2D eigenvalue weighted by Crippen LogP contribution is 2.41. The molecule has 7 heteroatoms. The van der Waals surface area contributed by atoms with E-state index >= 15 is 0 Å². The number of alkyl halides is 3. The lowest BCUT2D eigenvalue weighted by Gasteiger charge is -2.21. The van der Waals surface area contributed by atoms with E-state index in [0.717, 1.165) is 11.5 Å². The fourth-order valence-electron chi connectivity index (χ4n) is 3.54. The zero-order valence-electron chi connectivity index (χ0n) is 15.6. The fraction of sp³-hybridized carbons (Fsp3) is 0.130. The highest BCUT2D eigenvalue weighted by molar-refractivity contribution is 6.31. The lowest BCUT2D eigenvalue weighted by Crippen LogP contribution is -2.11. The summed E-state index contributed by atoms with van der Waals surface area (Å²) in [4.78, 5) is 8.53. The van der Waals surface area contributed by atoms with Gasteiger partial charge in [-0.3, -0.25) is 9.97 Å². The summed E-state index contributed by atoms with van der Waals surface area (Å²) in [6.45, 7) is 0. The number of halogens is 4. The molecule has 1 atom stereocenters. The van der Waals surface area contributed by atoms with Gasteiger partial charge in [-0.2, -0.15) is 13.2 Å². The number of fused-ring (bicyclic) bond motifs is 1. The van der Waals surface area contributed by atoms with E-state index in [1.165, 1.54) is 6.07 Å². The van der Waals surface area contributed by atoms with Gasteiger partial charge in [-0.15, -0.1) is 0 Å². The molecule has 0 bridgehead atoms. The minimum Gasteiger partial charge on any atom is -0.505 e. The topological polar surface area (TPSA) is 46.0 Å². The number of hydrogen-bond donors (Lipinski definition) is 1. The van der Waals surface area contributed by atoms with E-state index in [9.17, 15) is 18.3 Å². The third-order valence-corrected chi connectivity index (χ3v) is 5.32. The first-order chi connectivity index (χ1) is 14.3. The van der Waals surface area contributed by atoms with Crippen molar-refractivity contribution < 1.29 is 18.3 Å². The highest BCUT2D eigenvalue weighted by Gasteiger charge is 2.34. The van der Waals surface area contributed by atoms with Crippen LogP contribution in [0.3, 0.4) is 0 Å². The number of hydrogen-bond acceptors (Lipinski definition) is 3. The van der Waals surface area contributed by atoms with E-state index in [1.807, 2.05) is 12.1 Å². The predicted molar refractivity (Wildman–Crippen MR) is 110 cm³/mol. The Morgan fingerprint density at radius 3 is 2.47 bits per heavy atom. The first-order valence-corrected chi connectivity index (χ1v) is 9.55. The molecule has 152 valence electrons. The van der Waals surface area contributed by atoms with Crippen molar-refractivity contribution in [1.82, 2.24) is 9.97 Å². The van der Waals surface area contributed by atoms with Crippen molar-refractivity contribution in [2.45, 2.75) is 18.5 Å². The van der Waals surface area contributed by atoms with Gasteiger partial charge in [0.15, 0.2) is 0 Å².